The Morgan fingerprint density at radius 1 is 1.22 bits per heavy atom. The van der Waals surface area contributed by atoms with Crippen LogP contribution in [0.3, 0.4) is 0 Å². The summed E-state index contributed by atoms with van der Waals surface area (Å²) in [5, 5.41) is 3.12. The summed E-state index contributed by atoms with van der Waals surface area (Å²) in [6.07, 6.45) is 6.55. The van der Waals surface area contributed by atoms with Gasteiger partial charge in [0.1, 0.15) is 5.01 Å². The van der Waals surface area contributed by atoms with Crippen molar-refractivity contribution in [2.75, 3.05) is 0 Å². The first kappa shape index (κ1) is 11.9. The molecule has 3 rings (SSSR count). The zero-order chi connectivity index (χ0) is 12.4. The summed E-state index contributed by atoms with van der Waals surface area (Å²) in [6.45, 7) is 0. The van der Waals surface area contributed by atoms with E-state index in [-0.39, 0.29) is 5.54 Å². The topological polar surface area (TPSA) is 38.9 Å². The van der Waals surface area contributed by atoms with E-state index < -0.39 is 0 Å². The molecule has 1 aromatic carbocycles. The van der Waals surface area contributed by atoms with Crippen LogP contribution in [-0.2, 0) is 5.54 Å². The van der Waals surface area contributed by atoms with Gasteiger partial charge < -0.3 is 5.73 Å². The number of aromatic nitrogens is 1. The van der Waals surface area contributed by atoms with Crippen molar-refractivity contribution >= 4 is 11.3 Å². The van der Waals surface area contributed by atoms with Gasteiger partial charge in [0.25, 0.3) is 0 Å². The Bertz CT molecular complexity index is 494. The van der Waals surface area contributed by atoms with Gasteiger partial charge in [-0.3, -0.25) is 0 Å². The Labute approximate surface area is 112 Å². The molecule has 1 heterocycles. The second-order valence-electron chi connectivity index (χ2n) is 5.09. The third-order valence-electron chi connectivity index (χ3n) is 3.99. The first-order chi connectivity index (χ1) is 8.81. The Balaban J connectivity index is 2.01. The average Bonchev–Trinajstić information content (AvgIpc) is 2.95. The fraction of sp³-hybridized carbons (Fsp3) is 0.400. The van der Waals surface area contributed by atoms with Gasteiger partial charge in [-0.15, -0.1) is 11.3 Å². The maximum absolute atomic E-state index is 6.75. The number of hydrogen-bond donors (Lipinski definition) is 1. The predicted octanol–water partition coefficient (Wildman–Crippen LogP) is 3.65. The number of nitrogens with zero attached hydrogens (tertiary/aromatic N) is 1. The monoisotopic (exact) mass is 258 g/mol. The van der Waals surface area contributed by atoms with Gasteiger partial charge in [0, 0.05) is 17.5 Å². The van der Waals surface area contributed by atoms with Gasteiger partial charge in [-0.05, 0) is 18.4 Å². The molecule has 0 amide bonds. The van der Waals surface area contributed by atoms with Crippen molar-refractivity contribution in [2.45, 2.75) is 37.1 Å². The minimum atomic E-state index is -0.270. The summed E-state index contributed by atoms with van der Waals surface area (Å²) in [5.41, 5.74) is 7.84. The molecule has 94 valence electrons. The summed E-state index contributed by atoms with van der Waals surface area (Å²) in [6, 6.07) is 10.7. The summed E-state index contributed by atoms with van der Waals surface area (Å²) in [5.74, 6) is 0.401. The molecule has 0 saturated heterocycles. The fourth-order valence-corrected chi connectivity index (χ4v) is 3.89. The standard InChI is InChI=1S/C15H18N2S/c16-15(14-17-10-11-18-14)9-5-4-8-13(15)12-6-2-1-3-7-12/h1-3,6-7,10-11,13H,4-5,8-9,16H2. The minimum Gasteiger partial charge on any atom is -0.319 e. The number of hydrogen-bond acceptors (Lipinski definition) is 3. The van der Waals surface area contributed by atoms with E-state index in [0.717, 1.165) is 11.4 Å². The number of nitrogens with two attached hydrogens (primary N) is 1. The van der Waals surface area contributed by atoms with Gasteiger partial charge in [-0.2, -0.15) is 0 Å². The molecular weight excluding hydrogens is 240 g/mol. The summed E-state index contributed by atoms with van der Waals surface area (Å²) in [7, 11) is 0. The molecule has 1 saturated carbocycles. The average molecular weight is 258 g/mol. The largest absolute Gasteiger partial charge is 0.319 e. The van der Waals surface area contributed by atoms with Crippen molar-refractivity contribution in [1.82, 2.24) is 4.98 Å². The van der Waals surface area contributed by atoms with Crippen molar-refractivity contribution in [3.63, 3.8) is 0 Å². The van der Waals surface area contributed by atoms with Crippen LogP contribution < -0.4 is 5.73 Å². The van der Waals surface area contributed by atoms with Gasteiger partial charge in [-0.1, -0.05) is 43.2 Å². The van der Waals surface area contributed by atoms with E-state index in [1.54, 1.807) is 11.3 Å². The lowest BCUT2D eigenvalue weighted by Gasteiger charge is -2.40. The normalized spacial score (nSPS) is 28.2. The smallest absolute Gasteiger partial charge is 0.113 e. The van der Waals surface area contributed by atoms with Gasteiger partial charge in [-0.25, -0.2) is 4.98 Å². The molecule has 2 atom stereocenters. The SMILES string of the molecule is NC1(c2nccs2)CCCCC1c1ccccc1. The maximum Gasteiger partial charge on any atom is 0.113 e. The van der Waals surface area contributed by atoms with Crippen LogP contribution in [0.1, 0.15) is 42.2 Å². The molecule has 2 N–H and O–H groups in total. The summed E-state index contributed by atoms with van der Waals surface area (Å²) >= 11 is 1.69. The zero-order valence-electron chi connectivity index (χ0n) is 10.4. The highest BCUT2D eigenvalue weighted by molar-refractivity contribution is 7.09. The molecule has 1 fully saturated rings. The third kappa shape index (κ3) is 1.98. The molecule has 2 unspecified atom stereocenters. The molecule has 0 spiro atoms. The Morgan fingerprint density at radius 2 is 2.06 bits per heavy atom. The first-order valence-electron chi connectivity index (χ1n) is 6.54. The molecule has 2 aromatic rings. The first-order valence-corrected chi connectivity index (χ1v) is 7.42. The molecule has 0 bridgehead atoms. The summed E-state index contributed by atoms with van der Waals surface area (Å²) < 4.78 is 0. The molecule has 1 aliphatic carbocycles. The van der Waals surface area contributed by atoms with Crippen molar-refractivity contribution in [3.05, 3.63) is 52.5 Å². The molecule has 1 aliphatic rings. The van der Waals surface area contributed by atoms with E-state index in [1.165, 1.54) is 24.8 Å². The van der Waals surface area contributed by atoms with Crippen LogP contribution >= 0.6 is 11.3 Å². The van der Waals surface area contributed by atoms with Crippen molar-refractivity contribution < 1.29 is 0 Å². The highest BCUT2D eigenvalue weighted by Crippen LogP contribution is 2.45. The lowest BCUT2D eigenvalue weighted by atomic mass is 9.70. The van der Waals surface area contributed by atoms with E-state index in [9.17, 15) is 0 Å². The zero-order valence-corrected chi connectivity index (χ0v) is 11.2. The lowest BCUT2D eigenvalue weighted by molar-refractivity contribution is 0.254. The number of rotatable bonds is 2. The van der Waals surface area contributed by atoms with Gasteiger partial charge in [0.2, 0.25) is 0 Å². The van der Waals surface area contributed by atoms with Crippen LogP contribution in [0.4, 0.5) is 0 Å². The van der Waals surface area contributed by atoms with Crippen LogP contribution in [0, 0.1) is 0 Å². The van der Waals surface area contributed by atoms with E-state index in [2.05, 4.69) is 35.3 Å². The predicted molar refractivity (Wildman–Crippen MR) is 75.6 cm³/mol. The molecule has 0 radical (unpaired) electrons. The van der Waals surface area contributed by atoms with E-state index in [4.69, 9.17) is 5.73 Å². The second kappa shape index (κ2) is 4.82. The maximum atomic E-state index is 6.75. The Hall–Kier alpha value is -1.19. The van der Waals surface area contributed by atoms with Gasteiger partial charge in [0.05, 0.1) is 5.54 Å². The van der Waals surface area contributed by atoms with Crippen molar-refractivity contribution in [2.24, 2.45) is 5.73 Å². The highest BCUT2D eigenvalue weighted by Gasteiger charge is 2.41. The van der Waals surface area contributed by atoms with Crippen LogP contribution in [0.2, 0.25) is 0 Å². The Morgan fingerprint density at radius 3 is 2.78 bits per heavy atom. The molecular formula is C15H18N2S. The van der Waals surface area contributed by atoms with E-state index >= 15 is 0 Å². The quantitative estimate of drug-likeness (QED) is 0.893. The Kier molecular flexibility index (Phi) is 3.18. The van der Waals surface area contributed by atoms with Crippen LogP contribution in [0.25, 0.3) is 0 Å². The van der Waals surface area contributed by atoms with Crippen molar-refractivity contribution in [1.29, 1.82) is 0 Å². The second-order valence-corrected chi connectivity index (χ2v) is 5.98. The van der Waals surface area contributed by atoms with E-state index in [0.29, 0.717) is 5.92 Å². The number of thiazole rings is 1. The van der Waals surface area contributed by atoms with Gasteiger partial charge in [0.15, 0.2) is 0 Å². The molecule has 3 heteroatoms. The molecule has 1 aromatic heterocycles. The molecule has 18 heavy (non-hydrogen) atoms. The van der Waals surface area contributed by atoms with Crippen LogP contribution in [-0.4, -0.2) is 4.98 Å². The minimum absolute atomic E-state index is 0.270. The van der Waals surface area contributed by atoms with Crippen molar-refractivity contribution in [3.8, 4) is 0 Å². The third-order valence-corrected chi connectivity index (χ3v) is 4.95. The fourth-order valence-electron chi connectivity index (χ4n) is 3.06. The number of benzene rings is 1. The van der Waals surface area contributed by atoms with Gasteiger partial charge >= 0.3 is 0 Å². The molecule has 2 nitrogen and oxygen atoms in total. The summed E-state index contributed by atoms with van der Waals surface area (Å²) in [4.78, 5) is 4.48. The van der Waals surface area contributed by atoms with Crippen LogP contribution in [0.15, 0.2) is 41.9 Å². The molecule has 0 aliphatic heterocycles. The highest BCUT2D eigenvalue weighted by atomic mass is 32.1. The van der Waals surface area contributed by atoms with E-state index in [1.807, 2.05) is 11.6 Å². The van der Waals surface area contributed by atoms with Crippen LogP contribution in [0.5, 0.6) is 0 Å². The lowest BCUT2D eigenvalue weighted by Crippen LogP contribution is -2.44.